The maximum absolute atomic E-state index is 13.2. The van der Waals surface area contributed by atoms with E-state index in [0.717, 1.165) is 16.0 Å². The zero-order chi connectivity index (χ0) is 21.0. The number of nitrogens with two attached hydrogens (primary N) is 1. The van der Waals surface area contributed by atoms with Crippen molar-refractivity contribution in [3.8, 4) is 5.75 Å². The van der Waals surface area contributed by atoms with Gasteiger partial charge < -0.3 is 15.4 Å². The predicted molar refractivity (Wildman–Crippen MR) is 107 cm³/mol. The van der Waals surface area contributed by atoms with Crippen molar-refractivity contribution < 1.29 is 19.1 Å². The van der Waals surface area contributed by atoms with Gasteiger partial charge in [0.05, 0.1) is 13.5 Å². The molecule has 1 aliphatic rings. The molecule has 0 spiro atoms. The van der Waals surface area contributed by atoms with Gasteiger partial charge in [0.25, 0.3) is 5.91 Å². The molecule has 0 saturated carbocycles. The summed E-state index contributed by atoms with van der Waals surface area (Å²) < 4.78 is 5.14. The molecule has 1 atom stereocenters. The maximum atomic E-state index is 13.2. The lowest BCUT2D eigenvalue weighted by Gasteiger charge is -2.34. The Labute approximate surface area is 168 Å². The number of rotatable bonds is 6. The predicted octanol–water partition coefficient (Wildman–Crippen LogP) is 1.58. The Morgan fingerprint density at radius 2 is 1.76 bits per heavy atom. The fraction of sp³-hybridized carbons (Fsp3) is 0.238. The Balaban J connectivity index is 1.91. The van der Waals surface area contributed by atoms with Gasteiger partial charge in [-0.25, -0.2) is 4.79 Å². The zero-order valence-electron chi connectivity index (χ0n) is 16.2. The van der Waals surface area contributed by atoms with Crippen molar-refractivity contribution in [3.63, 3.8) is 0 Å². The van der Waals surface area contributed by atoms with Gasteiger partial charge in [0.1, 0.15) is 11.6 Å². The van der Waals surface area contributed by atoms with E-state index in [9.17, 15) is 14.4 Å². The van der Waals surface area contributed by atoms with Crippen LogP contribution in [-0.2, 0) is 22.6 Å². The average molecular weight is 394 g/mol. The highest BCUT2D eigenvalue weighted by Crippen LogP contribution is 2.18. The number of methoxy groups -OCH3 is 1. The summed E-state index contributed by atoms with van der Waals surface area (Å²) in [4.78, 5) is 43.7. The number of carbonyl (C=O) groups is 3. The molecule has 2 aromatic rings. The molecule has 4 amide bonds. The highest BCUT2D eigenvalue weighted by atomic mass is 16.5. The first-order valence-corrected chi connectivity index (χ1v) is 9.02. The van der Waals surface area contributed by atoms with Crippen molar-refractivity contribution in [1.82, 2.24) is 9.80 Å². The Kier molecular flexibility index (Phi) is 5.92. The molecule has 0 aromatic heterocycles. The number of amidine groups is 1. The van der Waals surface area contributed by atoms with Crippen molar-refractivity contribution >= 4 is 23.7 Å². The Morgan fingerprint density at radius 3 is 2.38 bits per heavy atom. The first-order valence-electron chi connectivity index (χ1n) is 9.02. The molecule has 0 saturated heterocycles. The minimum Gasteiger partial charge on any atom is -0.497 e. The van der Waals surface area contributed by atoms with Crippen LogP contribution in [0.3, 0.4) is 0 Å². The minimum absolute atomic E-state index is 0.0611. The van der Waals surface area contributed by atoms with E-state index >= 15 is 0 Å². The van der Waals surface area contributed by atoms with Crippen LogP contribution in [0.4, 0.5) is 4.79 Å². The normalized spacial score (nSPS) is 16.4. The Hall–Kier alpha value is -3.68. The second-order valence-electron chi connectivity index (χ2n) is 6.65. The summed E-state index contributed by atoms with van der Waals surface area (Å²) in [5.41, 5.74) is 7.51. The maximum Gasteiger partial charge on any atom is 0.351 e. The zero-order valence-corrected chi connectivity index (χ0v) is 16.2. The van der Waals surface area contributed by atoms with Crippen molar-refractivity contribution in [2.24, 2.45) is 10.7 Å². The lowest BCUT2D eigenvalue weighted by Crippen LogP contribution is -2.60. The largest absolute Gasteiger partial charge is 0.497 e. The molecule has 0 aliphatic carbocycles. The van der Waals surface area contributed by atoms with Gasteiger partial charge in [0.15, 0.2) is 6.04 Å². The molecule has 2 aromatic carbocycles. The molecule has 150 valence electrons. The lowest BCUT2D eigenvalue weighted by molar-refractivity contribution is -0.141. The molecule has 1 heterocycles. The highest BCUT2D eigenvalue weighted by Gasteiger charge is 2.40. The fourth-order valence-corrected chi connectivity index (χ4v) is 3.07. The van der Waals surface area contributed by atoms with Gasteiger partial charge in [-0.1, -0.05) is 42.5 Å². The summed E-state index contributed by atoms with van der Waals surface area (Å²) in [6, 6.07) is 14.5. The first kappa shape index (κ1) is 20.1. The molecule has 8 nitrogen and oxygen atoms in total. The number of hydrogen-bond donors (Lipinski definition) is 1. The topological polar surface area (TPSA) is 105 Å². The van der Waals surface area contributed by atoms with E-state index in [2.05, 4.69) is 4.99 Å². The van der Waals surface area contributed by atoms with Gasteiger partial charge >= 0.3 is 6.03 Å². The van der Waals surface area contributed by atoms with Gasteiger partial charge in [-0.2, -0.15) is 4.99 Å². The molecule has 0 bridgehead atoms. The van der Waals surface area contributed by atoms with Gasteiger partial charge in [-0.05, 0) is 23.3 Å². The molecule has 1 aliphatic heterocycles. The average Bonchev–Trinajstić information content (AvgIpc) is 2.72. The third-order valence-electron chi connectivity index (χ3n) is 4.70. The van der Waals surface area contributed by atoms with E-state index in [4.69, 9.17) is 10.5 Å². The van der Waals surface area contributed by atoms with E-state index < -0.39 is 18.0 Å². The highest BCUT2D eigenvalue weighted by molar-refractivity contribution is 6.19. The number of nitrogens with zero attached hydrogens (tertiary/aromatic N) is 3. The number of hydrogen-bond acceptors (Lipinski definition) is 5. The van der Waals surface area contributed by atoms with Gasteiger partial charge in [-0.15, -0.1) is 0 Å². The van der Waals surface area contributed by atoms with Crippen LogP contribution in [0.1, 0.15) is 11.1 Å². The molecule has 0 radical (unpaired) electrons. The molecule has 1 unspecified atom stereocenters. The summed E-state index contributed by atoms with van der Waals surface area (Å²) in [7, 11) is 2.89. The molecule has 29 heavy (non-hydrogen) atoms. The van der Waals surface area contributed by atoms with E-state index in [1.54, 1.807) is 31.4 Å². The van der Waals surface area contributed by atoms with Gasteiger partial charge in [-0.3, -0.25) is 14.5 Å². The quantitative estimate of drug-likeness (QED) is 0.801. The summed E-state index contributed by atoms with van der Waals surface area (Å²) in [5, 5.41) is 0. The van der Waals surface area contributed by atoms with Gasteiger partial charge in [0, 0.05) is 13.6 Å². The van der Waals surface area contributed by atoms with Gasteiger partial charge in [0.2, 0.25) is 5.91 Å². The summed E-state index contributed by atoms with van der Waals surface area (Å²) >= 11 is 0. The van der Waals surface area contributed by atoms with Crippen LogP contribution in [0.25, 0.3) is 0 Å². The molecular weight excluding hydrogens is 372 g/mol. The SMILES string of the molecule is COc1ccc(CC(=O)N(Cc2ccccc2)C2C(=O)N(C)C(=O)N=C2N)cc1. The molecule has 8 heteroatoms. The second kappa shape index (κ2) is 8.55. The van der Waals surface area contributed by atoms with Crippen LogP contribution in [0.5, 0.6) is 5.75 Å². The number of aliphatic imine (C=N–C) groups is 1. The Bertz CT molecular complexity index is 941. The minimum atomic E-state index is -1.14. The van der Waals surface area contributed by atoms with E-state index in [1.807, 2.05) is 30.3 Å². The number of carbonyl (C=O) groups excluding carboxylic acids is 3. The molecule has 3 rings (SSSR count). The third-order valence-corrected chi connectivity index (χ3v) is 4.70. The lowest BCUT2D eigenvalue weighted by atomic mass is 10.1. The van der Waals surface area contributed by atoms with E-state index in [1.165, 1.54) is 11.9 Å². The Morgan fingerprint density at radius 1 is 1.10 bits per heavy atom. The number of ether oxygens (including phenoxy) is 1. The second-order valence-corrected chi connectivity index (χ2v) is 6.65. The van der Waals surface area contributed by atoms with Crippen LogP contribution in [0.2, 0.25) is 0 Å². The van der Waals surface area contributed by atoms with Crippen LogP contribution >= 0.6 is 0 Å². The van der Waals surface area contributed by atoms with E-state index in [0.29, 0.717) is 5.75 Å². The number of amides is 4. The van der Waals surface area contributed by atoms with Crippen molar-refractivity contribution in [2.45, 2.75) is 19.0 Å². The number of urea groups is 1. The van der Waals surface area contributed by atoms with Crippen LogP contribution in [0, 0.1) is 0 Å². The third kappa shape index (κ3) is 4.43. The molecule has 2 N–H and O–H groups in total. The van der Waals surface area contributed by atoms with Crippen molar-refractivity contribution in [3.05, 3.63) is 65.7 Å². The monoisotopic (exact) mass is 394 g/mol. The van der Waals surface area contributed by atoms with Crippen LogP contribution < -0.4 is 10.5 Å². The fourth-order valence-electron chi connectivity index (χ4n) is 3.07. The number of likely N-dealkylation sites (N-methyl/N-ethyl adjacent to an activating group) is 1. The van der Waals surface area contributed by atoms with Crippen LogP contribution in [0.15, 0.2) is 59.6 Å². The van der Waals surface area contributed by atoms with E-state index in [-0.39, 0.29) is 24.7 Å². The summed E-state index contributed by atoms with van der Waals surface area (Å²) in [6.45, 7) is 0.157. The molecule has 0 fully saturated rings. The van der Waals surface area contributed by atoms with Crippen LogP contribution in [-0.4, -0.2) is 53.7 Å². The smallest absolute Gasteiger partial charge is 0.351 e. The van der Waals surface area contributed by atoms with Crippen molar-refractivity contribution in [1.29, 1.82) is 0 Å². The number of imide groups is 1. The standard InChI is InChI=1S/C21H22N4O4/c1-24-20(27)18(19(22)23-21(24)28)25(13-15-6-4-3-5-7-15)17(26)12-14-8-10-16(29-2)11-9-14/h3-11,18H,12-13H2,1-2H3,(H2,22,23,28). The summed E-state index contributed by atoms with van der Waals surface area (Å²) in [6.07, 6.45) is 0.0611. The number of benzene rings is 2. The first-order chi connectivity index (χ1) is 13.9. The summed E-state index contributed by atoms with van der Waals surface area (Å²) in [5.74, 6) is -0.391. The molecular formula is C21H22N4O4. The van der Waals surface area contributed by atoms with Crippen molar-refractivity contribution in [2.75, 3.05) is 14.2 Å².